The highest BCUT2D eigenvalue weighted by molar-refractivity contribution is 5.56. The maximum Gasteiger partial charge on any atom is 0.203 e. The second kappa shape index (κ2) is 5.29. The van der Waals surface area contributed by atoms with Crippen molar-refractivity contribution in [2.75, 3.05) is 14.2 Å². The summed E-state index contributed by atoms with van der Waals surface area (Å²) >= 11 is 0. The smallest absolute Gasteiger partial charge is 0.203 e. The topological polar surface area (TPSA) is 53.7 Å². The van der Waals surface area contributed by atoms with Crippen LogP contribution in [0.4, 0.5) is 0 Å². The number of nitrogens with two attached hydrogens (primary N) is 1. The molecule has 0 heterocycles. The molecule has 1 saturated carbocycles. The first-order valence-corrected chi connectivity index (χ1v) is 6.68. The molecule has 1 fully saturated rings. The molecule has 4 heteroatoms. The van der Waals surface area contributed by atoms with Gasteiger partial charge in [0.1, 0.15) is 0 Å². The molecule has 0 unspecified atom stereocenters. The van der Waals surface area contributed by atoms with Crippen molar-refractivity contribution in [3.05, 3.63) is 17.7 Å². The van der Waals surface area contributed by atoms with E-state index in [-0.39, 0.29) is 11.6 Å². The molecule has 1 aromatic carbocycles. The summed E-state index contributed by atoms with van der Waals surface area (Å²) in [5.74, 6) is 2.09. The highest BCUT2D eigenvalue weighted by Gasteiger charge is 2.39. The van der Waals surface area contributed by atoms with E-state index in [0.29, 0.717) is 11.5 Å². The monoisotopic (exact) mass is 265 g/mol. The summed E-state index contributed by atoms with van der Waals surface area (Å²) in [5, 5.41) is 0. The van der Waals surface area contributed by atoms with Crippen molar-refractivity contribution in [3.8, 4) is 17.2 Å². The van der Waals surface area contributed by atoms with Crippen molar-refractivity contribution in [2.24, 2.45) is 5.73 Å². The van der Waals surface area contributed by atoms with Crippen molar-refractivity contribution in [1.29, 1.82) is 0 Å². The van der Waals surface area contributed by atoms with Gasteiger partial charge in [-0.05, 0) is 39.2 Å². The molecule has 2 N–H and O–H groups in total. The minimum atomic E-state index is -0.0608. The van der Waals surface area contributed by atoms with Crippen LogP contribution in [0.3, 0.4) is 0 Å². The summed E-state index contributed by atoms with van der Waals surface area (Å²) in [5.41, 5.74) is 7.24. The third kappa shape index (κ3) is 3.13. The number of benzene rings is 1. The van der Waals surface area contributed by atoms with E-state index in [1.165, 1.54) is 0 Å². The van der Waals surface area contributed by atoms with Crippen molar-refractivity contribution < 1.29 is 14.2 Å². The Balaban J connectivity index is 2.40. The SMILES string of the molecule is COc1ccc(CC2(N)CC2)c(OC(C)C)c1OC. The van der Waals surface area contributed by atoms with E-state index in [1.807, 2.05) is 26.0 Å². The highest BCUT2D eigenvalue weighted by Crippen LogP contribution is 2.44. The molecule has 106 valence electrons. The second-order valence-electron chi connectivity index (χ2n) is 5.50. The maximum absolute atomic E-state index is 6.21. The van der Waals surface area contributed by atoms with Crippen LogP contribution >= 0.6 is 0 Å². The third-order valence-electron chi connectivity index (χ3n) is 3.37. The van der Waals surface area contributed by atoms with Gasteiger partial charge in [-0.1, -0.05) is 6.07 Å². The minimum absolute atomic E-state index is 0.0608. The Morgan fingerprint density at radius 1 is 1.16 bits per heavy atom. The van der Waals surface area contributed by atoms with Gasteiger partial charge in [0, 0.05) is 11.1 Å². The summed E-state index contributed by atoms with van der Waals surface area (Å²) in [6.45, 7) is 4.00. The van der Waals surface area contributed by atoms with Gasteiger partial charge >= 0.3 is 0 Å². The molecular formula is C15H23NO3. The fourth-order valence-electron chi connectivity index (χ4n) is 2.16. The first-order valence-electron chi connectivity index (χ1n) is 6.68. The molecule has 0 bridgehead atoms. The van der Waals surface area contributed by atoms with Crippen LogP contribution in [-0.2, 0) is 6.42 Å². The molecule has 0 aliphatic heterocycles. The molecule has 0 spiro atoms. The third-order valence-corrected chi connectivity index (χ3v) is 3.37. The Kier molecular flexibility index (Phi) is 3.90. The Morgan fingerprint density at radius 2 is 1.84 bits per heavy atom. The Bertz CT molecular complexity index is 453. The van der Waals surface area contributed by atoms with Gasteiger partial charge < -0.3 is 19.9 Å². The van der Waals surface area contributed by atoms with Gasteiger partial charge in [-0.2, -0.15) is 0 Å². The van der Waals surface area contributed by atoms with E-state index in [1.54, 1.807) is 14.2 Å². The lowest BCUT2D eigenvalue weighted by Crippen LogP contribution is -2.25. The zero-order valence-corrected chi connectivity index (χ0v) is 12.2. The van der Waals surface area contributed by atoms with Gasteiger partial charge in [-0.15, -0.1) is 0 Å². The van der Waals surface area contributed by atoms with Gasteiger partial charge in [-0.25, -0.2) is 0 Å². The fourth-order valence-corrected chi connectivity index (χ4v) is 2.16. The quantitative estimate of drug-likeness (QED) is 0.858. The summed E-state index contributed by atoms with van der Waals surface area (Å²) < 4.78 is 16.7. The van der Waals surface area contributed by atoms with Crippen LogP contribution in [-0.4, -0.2) is 25.9 Å². The Morgan fingerprint density at radius 3 is 2.32 bits per heavy atom. The average molecular weight is 265 g/mol. The molecule has 0 saturated heterocycles. The molecule has 0 radical (unpaired) electrons. The van der Waals surface area contributed by atoms with E-state index in [9.17, 15) is 0 Å². The minimum Gasteiger partial charge on any atom is -0.493 e. The molecular weight excluding hydrogens is 242 g/mol. The normalized spacial score (nSPS) is 16.3. The zero-order chi connectivity index (χ0) is 14.0. The molecule has 0 aromatic heterocycles. The van der Waals surface area contributed by atoms with Gasteiger partial charge in [0.25, 0.3) is 0 Å². The van der Waals surface area contributed by atoms with E-state index < -0.39 is 0 Å². The molecule has 4 nitrogen and oxygen atoms in total. The standard InChI is InChI=1S/C15H23NO3/c1-10(2)19-13-11(9-15(16)7-8-15)5-6-12(17-3)14(13)18-4/h5-6,10H,7-9,16H2,1-4H3. The van der Waals surface area contributed by atoms with Crippen molar-refractivity contribution >= 4 is 0 Å². The van der Waals surface area contributed by atoms with Crippen molar-refractivity contribution in [1.82, 2.24) is 0 Å². The lowest BCUT2D eigenvalue weighted by molar-refractivity contribution is 0.223. The van der Waals surface area contributed by atoms with E-state index in [0.717, 1.165) is 30.6 Å². The van der Waals surface area contributed by atoms with Crippen LogP contribution in [0, 0.1) is 0 Å². The van der Waals surface area contributed by atoms with Crippen LogP contribution in [0.15, 0.2) is 12.1 Å². The Labute approximate surface area is 114 Å². The van der Waals surface area contributed by atoms with Crippen LogP contribution in [0.25, 0.3) is 0 Å². The summed E-state index contributed by atoms with van der Waals surface area (Å²) in [6.07, 6.45) is 3.04. The summed E-state index contributed by atoms with van der Waals surface area (Å²) in [6, 6.07) is 3.93. The van der Waals surface area contributed by atoms with Crippen molar-refractivity contribution in [3.63, 3.8) is 0 Å². The number of hydrogen-bond donors (Lipinski definition) is 1. The molecule has 1 aromatic rings. The fraction of sp³-hybridized carbons (Fsp3) is 0.600. The molecule has 19 heavy (non-hydrogen) atoms. The van der Waals surface area contributed by atoms with Crippen molar-refractivity contribution in [2.45, 2.75) is 44.8 Å². The number of hydrogen-bond acceptors (Lipinski definition) is 4. The molecule has 0 amide bonds. The number of methoxy groups -OCH3 is 2. The first-order chi connectivity index (χ1) is 8.99. The first kappa shape index (κ1) is 14.0. The van der Waals surface area contributed by atoms with E-state index >= 15 is 0 Å². The van der Waals surface area contributed by atoms with Gasteiger partial charge in [0.05, 0.1) is 20.3 Å². The number of ether oxygens (including phenoxy) is 3. The predicted octanol–water partition coefficient (Wildman–Crippen LogP) is 2.52. The van der Waals surface area contributed by atoms with E-state index in [2.05, 4.69) is 0 Å². The Hall–Kier alpha value is -1.42. The number of rotatable bonds is 6. The lowest BCUT2D eigenvalue weighted by atomic mass is 10.0. The van der Waals surface area contributed by atoms with Crippen LogP contribution in [0.2, 0.25) is 0 Å². The predicted molar refractivity (Wildman–Crippen MR) is 75.2 cm³/mol. The zero-order valence-electron chi connectivity index (χ0n) is 12.2. The van der Waals surface area contributed by atoms with E-state index in [4.69, 9.17) is 19.9 Å². The lowest BCUT2D eigenvalue weighted by Gasteiger charge is -2.21. The second-order valence-corrected chi connectivity index (χ2v) is 5.50. The molecule has 2 rings (SSSR count). The van der Waals surface area contributed by atoms with Crippen LogP contribution in [0.5, 0.6) is 17.2 Å². The maximum atomic E-state index is 6.21. The van der Waals surface area contributed by atoms with Gasteiger partial charge in [-0.3, -0.25) is 0 Å². The average Bonchev–Trinajstić information content (AvgIpc) is 3.08. The van der Waals surface area contributed by atoms with Gasteiger partial charge in [0.2, 0.25) is 5.75 Å². The molecule has 1 aliphatic carbocycles. The largest absolute Gasteiger partial charge is 0.493 e. The van der Waals surface area contributed by atoms with Crippen LogP contribution < -0.4 is 19.9 Å². The summed E-state index contributed by atoms with van der Waals surface area (Å²) in [4.78, 5) is 0. The summed E-state index contributed by atoms with van der Waals surface area (Å²) in [7, 11) is 3.26. The van der Waals surface area contributed by atoms with Crippen LogP contribution in [0.1, 0.15) is 32.3 Å². The van der Waals surface area contributed by atoms with Gasteiger partial charge in [0.15, 0.2) is 11.5 Å². The highest BCUT2D eigenvalue weighted by atomic mass is 16.5. The molecule has 0 atom stereocenters. The molecule has 1 aliphatic rings.